The van der Waals surface area contributed by atoms with Gasteiger partial charge in [0.2, 0.25) is 0 Å². The minimum atomic E-state index is -0.109. The van der Waals surface area contributed by atoms with Crippen molar-refractivity contribution in [2.75, 3.05) is 29.1 Å². The topological polar surface area (TPSA) is 67.6 Å². The summed E-state index contributed by atoms with van der Waals surface area (Å²) < 4.78 is 5.42. The van der Waals surface area contributed by atoms with E-state index in [4.69, 9.17) is 10.5 Å². The largest absolute Gasteiger partial charge is 0.482 e. The van der Waals surface area contributed by atoms with Crippen LogP contribution in [0.4, 0.5) is 17.1 Å². The molecule has 1 atom stereocenters. The number of hydrogen-bond donors (Lipinski definition) is 2. The number of anilines is 3. The summed E-state index contributed by atoms with van der Waals surface area (Å²) in [5.74, 6) is 0.557. The van der Waals surface area contributed by atoms with Gasteiger partial charge in [0.05, 0.1) is 17.1 Å². The molecule has 3 N–H and O–H groups in total. The van der Waals surface area contributed by atoms with Gasteiger partial charge < -0.3 is 20.7 Å². The van der Waals surface area contributed by atoms with Crippen LogP contribution in [-0.4, -0.2) is 25.1 Å². The Labute approximate surface area is 125 Å². The highest BCUT2D eigenvalue weighted by Gasteiger charge is 2.26. The third-order valence-electron chi connectivity index (χ3n) is 4.32. The molecule has 114 valence electrons. The van der Waals surface area contributed by atoms with Crippen LogP contribution in [0, 0.1) is 0 Å². The molecular weight excluding hydrogens is 266 g/mol. The monoisotopic (exact) mass is 289 g/mol. The Morgan fingerprint density at radius 3 is 3.10 bits per heavy atom. The number of nitrogen functional groups attached to an aromatic ring is 1. The van der Waals surface area contributed by atoms with E-state index in [1.807, 2.05) is 12.1 Å². The molecule has 5 nitrogen and oxygen atoms in total. The summed E-state index contributed by atoms with van der Waals surface area (Å²) in [5.41, 5.74) is 8.72. The highest BCUT2D eigenvalue weighted by atomic mass is 16.5. The predicted octanol–water partition coefficient (Wildman–Crippen LogP) is 2.76. The lowest BCUT2D eigenvalue weighted by Gasteiger charge is -2.38. The maximum atomic E-state index is 11.5. The summed E-state index contributed by atoms with van der Waals surface area (Å²) in [7, 11) is 0. The number of ether oxygens (including phenoxy) is 1. The van der Waals surface area contributed by atoms with Gasteiger partial charge in [-0.2, -0.15) is 0 Å². The van der Waals surface area contributed by atoms with E-state index in [1.165, 1.54) is 32.1 Å². The fraction of sp³-hybridized carbons (Fsp3) is 0.562. The first-order chi connectivity index (χ1) is 10.2. The van der Waals surface area contributed by atoms with Gasteiger partial charge in [-0.1, -0.05) is 13.3 Å². The number of nitrogens with zero attached hydrogens (tertiary/aromatic N) is 1. The van der Waals surface area contributed by atoms with Crippen LogP contribution >= 0.6 is 0 Å². The zero-order valence-corrected chi connectivity index (χ0v) is 12.5. The molecule has 0 saturated carbocycles. The third kappa shape index (κ3) is 2.77. The van der Waals surface area contributed by atoms with Gasteiger partial charge in [-0.15, -0.1) is 0 Å². The second-order valence-corrected chi connectivity index (χ2v) is 5.88. The van der Waals surface area contributed by atoms with Crippen molar-refractivity contribution in [1.82, 2.24) is 0 Å². The molecule has 0 aromatic heterocycles. The number of nitrogens with two attached hydrogens (primary N) is 1. The van der Waals surface area contributed by atoms with Crippen LogP contribution in [0.3, 0.4) is 0 Å². The van der Waals surface area contributed by atoms with Gasteiger partial charge in [0.25, 0.3) is 5.91 Å². The van der Waals surface area contributed by atoms with E-state index in [9.17, 15) is 4.79 Å². The Bertz CT molecular complexity index is 543. The van der Waals surface area contributed by atoms with Crippen LogP contribution in [0.2, 0.25) is 0 Å². The van der Waals surface area contributed by atoms with Gasteiger partial charge in [-0.25, -0.2) is 0 Å². The summed E-state index contributed by atoms with van der Waals surface area (Å²) in [6, 6.07) is 4.35. The van der Waals surface area contributed by atoms with E-state index in [0.29, 0.717) is 11.8 Å². The first-order valence-corrected chi connectivity index (χ1v) is 7.82. The minimum Gasteiger partial charge on any atom is -0.482 e. The molecule has 1 amide bonds. The van der Waals surface area contributed by atoms with Crippen molar-refractivity contribution in [3.63, 3.8) is 0 Å². The van der Waals surface area contributed by atoms with E-state index >= 15 is 0 Å². The SMILES string of the molecule is CCCC1CCCCN1c1cc2c(cc1N)OCC(=O)N2. The molecule has 21 heavy (non-hydrogen) atoms. The molecule has 1 unspecified atom stereocenters. The summed E-state index contributed by atoms with van der Waals surface area (Å²) in [4.78, 5) is 13.9. The summed E-state index contributed by atoms with van der Waals surface area (Å²) >= 11 is 0. The number of amides is 1. The van der Waals surface area contributed by atoms with E-state index in [-0.39, 0.29) is 12.5 Å². The lowest BCUT2D eigenvalue weighted by atomic mass is 9.97. The molecule has 1 saturated heterocycles. The fourth-order valence-electron chi connectivity index (χ4n) is 3.33. The molecule has 1 aromatic rings. The second-order valence-electron chi connectivity index (χ2n) is 5.88. The van der Waals surface area contributed by atoms with Crippen molar-refractivity contribution in [2.45, 2.75) is 45.1 Å². The van der Waals surface area contributed by atoms with E-state index < -0.39 is 0 Å². The Balaban J connectivity index is 1.93. The minimum absolute atomic E-state index is 0.0635. The second kappa shape index (κ2) is 5.84. The maximum absolute atomic E-state index is 11.5. The molecule has 2 aliphatic rings. The van der Waals surface area contributed by atoms with Crippen LogP contribution in [-0.2, 0) is 4.79 Å². The Hall–Kier alpha value is -1.91. The third-order valence-corrected chi connectivity index (χ3v) is 4.32. The predicted molar refractivity (Wildman–Crippen MR) is 84.9 cm³/mol. The van der Waals surface area contributed by atoms with Crippen molar-refractivity contribution in [1.29, 1.82) is 0 Å². The zero-order chi connectivity index (χ0) is 14.8. The Morgan fingerprint density at radius 2 is 2.29 bits per heavy atom. The van der Waals surface area contributed by atoms with Crippen molar-refractivity contribution < 1.29 is 9.53 Å². The van der Waals surface area contributed by atoms with Gasteiger partial charge in [0.15, 0.2) is 6.61 Å². The van der Waals surface area contributed by atoms with Crippen molar-refractivity contribution in [3.05, 3.63) is 12.1 Å². The number of piperidine rings is 1. The van der Waals surface area contributed by atoms with Crippen molar-refractivity contribution >= 4 is 23.0 Å². The van der Waals surface area contributed by atoms with E-state index in [2.05, 4.69) is 17.1 Å². The quantitative estimate of drug-likeness (QED) is 0.840. The van der Waals surface area contributed by atoms with Gasteiger partial charge in [0.1, 0.15) is 5.75 Å². The van der Waals surface area contributed by atoms with Gasteiger partial charge >= 0.3 is 0 Å². The highest BCUT2D eigenvalue weighted by molar-refractivity contribution is 5.97. The zero-order valence-electron chi connectivity index (χ0n) is 12.5. The summed E-state index contributed by atoms with van der Waals surface area (Å²) in [6.07, 6.45) is 6.05. The lowest BCUT2D eigenvalue weighted by molar-refractivity contribution is -0.118. The number of nitrogens with one attached hydrogen (secondary N) is 1. The number of carbonyl (C=O) groups is 1. The standard InChI is InChI=1S/C16H23N3O2/c1-2-5-11-6-3-4-7-19(11)14-9-13-15(8-12(14)17)21-10-16(20)18-13/h8-9,11H,2-7,10,17H2,1H3,(H,18,20). The molecule has 0 bridgehead atoms. The van der Waals surface area contributed by atoms with E-state index in [0.717, 1.165) is 23.6 Å². The molecule has 1 aromatic carbocycles. The average molecular weight is 289 g/mol. The van der Waals surface area contributed by atoms with E-state index in [1.54, 1.807) is 0 Å². The molecule has 0 aliphatic carbocycles. The fourth-order valence-corrected chi connectivity index (χ4v) is 3.33. The van der Waals surface area contributed by atoms with Gasteiger partial charge in [-0.05, 0) is 31.7 Å². The van der Waals surface area contributed by atoms with Crippen LogP contribution < -0.4 is 20.7 Å². The van der Waals surface area contributed by atoms with Crippen molar-refractivity contribution in [2.24, 2.45) is 0 Å². The van der Waals surface area contributed by atoms with Crippen LogP contribution in [0.15, 0.2) is 12.1 Å². The number of rotatable bonds is 3. The molecule has 0 radical (unpaired) electrons. The molecule has 3 rings (SSSR count). The van der Waals surface area contributed by atoms with Crippen LogP contribution in [0.25, 0.3) is 0 Å². The maximum Gasteiger partial charge on any atom is 0.262 e. The summed E-state index contributed by atoms with van der Waals surface area (Å²) in [5, 5.41) is 2.87. The summed E-state index contributed by atoms with van der Waals surface area (Å²) in [6.45, 7) is 3.31. The lowest BCUT2D eigenvalue weighted by Crippen LogP contribution is -2.40. The Kier molecular flexibility index (Phi) is 3.90. The Morgan fingerprint density at radius 1 is 1.43 bits per heavy atom. The number of carbonyl (C=O) groups excluding carboxylic acids is 1. The first kappa shape index (κ1) is 14.0. The number of fused-ring (bicyclic) bond motifs is 1. The molecular formula is C16H23N3O2. The number of benzene rings is 1. The normalized spacial score (nSPS) is 21.5. The van der Waals surface area contributed by atoms with Gasteiger partial charge in [0, 0.05) is 18.7 Å². The molecule has 2 aliphatic heterocycles. The number of hydrogen-bond acceptors (Lipinski definition) is 4. The molecule has 2 heterocycles. The smallest absolute Gasteiger partial charge is 0.262 e. The molecule has 5 heteroatoms. The molecule has 0 spiro atoms. The van der Waals surface area contributed by atoms with Crippen LogP contribution in [0.1, 0.15) is 39.0 Å². The average Bonchev–Trinajstić information content (AvgIpc) is 2.48. The van der Waals surface area contributed by atoms with Crippen molar-refractivity contribution in [3.8, 4) is 5.75 Å². The van der Waals surface area contributed by atoms with Crippen LogP contribution in [0.5, 0.6) is 5.75 Å². The molecule has 1 fully saturated rings. The van der Waals surface area contributed by atoms with Gasteiger partial charge in [-0.3, -0.25) is 4.79 Å². The first-order valence-electron chi connectivity index (χ1n) is 7.82. The highest BCUT2D eigenvalue weighted by Crippen LogP contribution is 2.39.